The van der Waals surface area contributed by atoms with E-state index in [1.165, 1.54) is 5.56 Å². The molecule has 27 heavy (non-hydrogen) atoms. The number of carbonyl (C=O) groups is 1. The summed E-state index contributed by atoms with van der Waals surface area (Å²) in [4.78, 5) is 13.6. The van der Waals surface area contributed by atoms with Gasteiger partial charge < -0.3 is 14.4 Å². The zero-order valence-electron chi connectivity index (χ0n) is 16.1. The summed E-state index contributed by atoms with van der Waals surface area (Å²) in [6, 6.07) is 14.4. The first kappa shape index (κ1) is 20.9. The Labute approximate surface area is 161 Å². The van der Waals surface area contributed by atoms with E-state index in [1.54, 1.807) is 0 Å². The molecule has 0 aliphatic heterocycles. The second-order valence-electron chi connectivity index (χ2n) is 6.68. The minimum atomic E-state index is -0.719. The van der Waals surface area contributed by atoms with Crippen LogP contribution < -0.4 is 0 Å². The van der Waals surface area contributed by atoms with Crippen LogP contribution in [0.15, 0.2) is 61.3 Å². The van der Waals surface area contributed by atoms with E-state index in [9.17, 15) is 9.90 Å². The average Bonchev–Trinajstić information content (AvgIpc) is 3.08. The topological polar surface area (TPSA) is 54.7 Å². The fourth-order valence-corrected chi connectivity index (χ4v) is 2.96. The normalized spacial score (nSPS) is 12.1. The third kappa shape index (κ3) is 7.41. The van der Waals surface area contributed by atoms with E-state index in [1.807, 2.05) is 37.3 Å². The number of hydrogen-bond acceptors (Lipinski definition) is 4. The Morgan fingerprint density at radius 3 is 2.78 bits per heavy atom. The van der Waals surface area contributed by atoms with Crippen LogP contribution in [0.1, 0.15) is 31.0 Å². The van der Waals surface area contributed by atoms with E-state index < -0.39 is 6.10 Å². The van der Waals surface area contributed by atoms with Crippen molar-refractivity contribution in [2.75, 3.05) is 19.7 Å². The molecule has 1 N–H and O–H groups in total. The van der Waals surface area contributed by atoms with Gasteiger partial charge in [-0.2, -0.15) is 0 Å². The van der Waals surface area contributed by atoms with Crippen LogP contribution in [0.5, 0.6) is 0 Å². The van der Waals surface area contributed by atoms with E-state index in [0.717, 1.165) is 18.7 Å². The number of esters is 1. The fraction of sp³-hybridized carbons (Fsp3) is 0.409. The van der Waals surface area contributed by atoms with Crippen LogP contribution in [0, 0.1) is 0 Å². The van der Waals surface area contributed by atoms with Crippen LogP contribution in [0.4, 0.5) is 0 Å². The molecule has 5 nitrogen and oxygen atoms in total. The molecule has 1 atom stereocenters. The lowest BCUT2D eigenvalue weighted by Crippen LogP contribution is -2.35. The van der Waals surface area contributed by atoms with Crippen LogP contribution in [0.3, 0.4) is 0 Å². The second-order valence-corrected chi connectivity index (χ2v) is 6.68. The molecule has 0 amide bonds. The minimum Gasteiger partial charge on any atom is -0.463 e. The summed E-state index contributed by atoms with van der Waals surface area (Å²) in [7, 11) is 0. The minimum absolute atomic E-state index is 0.0253. The summed E-state index contributed by atoms with van der Waals surface area (Å²) in [6.45, 7) is 8.32. The van der Waals surface area contributed by atoms with Gasteiger partial charge in [-0.25, -0.2) is 0 Å². The molecular weight excluding hydrogens is 340 g/mol. The van der Waals surface area contributed by atoms with Crippen molar-refractivity contribution in [3.63, 3.8) is 0 Å². The fourth-order valence-electron chi connectivity index (χ4n) is 2.96. The Kier molecular flexibility index (Phi) is 8.81. The maximum Gasteiger partial charge on any atom is 0.305 e. The predicted octanol–water partition coefficient (Wildman–Crippen LogP) is 3.23. The van der Waals surface area contributed by atoms with Crippen molar-refractivity contribution in [3.05, 3.63) is 72.6 Å². The van der Waals surface area contributed by atoms with Gasteiger partial charge in [-0.05, 0) is 24.1 Å². The maximum absolute atomic E-state index is 11.5. The lowest BCUT2D eigenvalue weighted by atomic mass is 10.2. The molecule has 0 radical (unpaired) electrons. The number of ether oxygens (including phenoxy) is 1. The quantitative estimate of drug-likeness (QED) is 0.460. The molecule has 1 heterocycles. The van der Waals surface area contributed by atoms with Gasteiger partial charge >= 0.3 is 5.97 Å². The largest absolute Gasteiger partial charge is 0.463 e. The summed E-state index contributed by atoms with van der Waals surface area (Å²) in [6.07, 6.45) is 4.30. The molecule has 1 aromatic carbocycles. The van der Waals surface area contributed by atoms with Crippen LogP contribution in [0.2, 0.25) is 0 Å². The van der Waals surface area contributed by atoms with Crippen LogP contribution in [-0.4, -0.2) is 46.3 Å². The number of aromatic nitrogens is 1. The maximum atomic E-state index is 11.5. The average molecular weight is 370 g/mol. The number of rotatable bonds is 12. The third-order valence-corrected chi connectivity index (χ3v) is 4.25. The smallest absolute Gasteiger partial charge is 0.305 e. The van der Waals surface area contributed by atoms with Gasteiger partial charge in [0.25, 0.3) is 0 Å². The molecule has 0 saturated carbocycles. The number of aliphatic hydroxyl groups is 1. The Balaban J connectivity index is 1.93. The number of carbonyl (C=O) groups excluding carboxylic acids is 1. The first-order valence-corrected chi connectivity index (χ1v) is 9.47. The molecule has 5 heteroatoms. The molecule has 0 unspecified atom stereocenters. The van der Waals surface area contributed by atoms with Crippen molar-refractivity contribution < 1.29 is 14.6 Å². The highest BCUT2D eigenvalue weighted by Crippen LogP contribution is 2.11. The number of hydrogen-bond donors (Lipinski definition) is 1. The second kappa shape index (κ2) is 11.4. The van der Waals surface area contributed by atoms with Gasteiger partial charge in [-0.15, -0.1) is 6.58 Å². The molecule has 0 bridgehead atoms. The Bertz CT molecular complexity index is 697. The van der Waals surface area contributed by atoms with Crippen molar-refractivity contribution in [1.29, 1.82) is 0 Å². The van der Waals surface area contributed by atoms with Crippen molar-refractivity contribution >= 4 is 5.97 Å². The van der Waals surface area contributed by atoms with Crippen LogP contribution in [0.25, 0.3) is 0 Å². The van der Waals surface area contributed by atoms with E-state index in [0.29, 0.717) is 26.1 Å². The van der Waals surface area contributed by atoms with E-state index >= 15 is 0 Å². The SMILES string of the molecule is C=CCN(Cc1cccn1Cc1ccccc1)C[C@@H](O)COC(=O)CCC. The van der Waals surface area contributed by atoms with E-state index in [4.69, 9.17) is 4.74 Å². The van der Waals surface area contributed by atoms with Gasteiger partial charge in [0.2, 0.25) is 0 Å². The first-order chi connectivity index (χ1) is 13.1. The molecular formula is C22H30N2O3. The van der Waals surface area contributed by atoms with Crippen LogP contribution >= 0.6 is 0 Å². The molecule has 0 spiro atoms. The molecule has 0 saturated heterocycles. The summed E-state index contributed by atoms with van der Waals surface area (Å²) >= 11 is 0. The van der Waals surface area contributed by atoms with Crippen molar-refractivity contribution in [3.8, 4) is 0 Å². The standard InChI is InChI=1S/C22H30N2O3/c1-3-9-22(26)27-18-21(25)17-23(13-4-2)16-20-12-8-14-24(20)15-19-10-6-5-7-11-19/h4-8,10-12,14,21,25H,2-3,9,13,15-18H2,1H3/t21-/m1/s1. The molecule has 2 aromatic rings. The third-order valence-electron chi connectivity index (χ3n) is 4.25. The zero-order valence-corrected chi connectivity index (χ0v) is 16.1. The number of aliphatic hydroxyl groups excluding tert-OH is 1. The van der Waals surface area contributed by atoms with E-state index in [2.05, 4.69) is 40.4 Å². The Morgan fingerprint density at radius 2 is 2.07 bits per heavy atom. The Hall–Kier alpha value is -2.37. The van der Waals surface area contributed by atoms with Gasteiger partial charge in [0.15, 0.2) is 0 Å². The van der Waals surface area contributed by atoms with Gasteiger partial charge in [0.1, 0.15) is 12.7 Å². The van der Waals surface area contributed by atoms with Crippen molar-refractivity contribution in [2.45, 2.75) is 39.0 Å². The monoisotopic (exact) mass is 370 g/mol. The molecule has 0 fully saturated rings. The van der Waals surface area contributed by atoms with Gasteiger partial charge in [0.05, 0.1) is 0 Å². The van der Waals surface area contributed by atoms with Crippen molar-refractivity contribution in [1.82, 2.24) is 9.47 Å². The molecule has 0 aliphatic carbocycles. The highest BCUT2D eigenvalue weighted by molar-refractivity contribution is 5.69. The Morgan fingerprint density at radius 1 is 1.30 bits per heavy atom. The summed E-state index contributed by atoms with van der Waals surface area (Å²) in [5.41, 5.74) is 2.41. The van der Waals surface area contributed by atoms with Crippen molar-refractivity contribution in [2.24, 2.45) is 0 Å². The lowest BCUT2D eigenvalue weighted by molar-refractivity contribution is -0.147. The highest BCUT2D eigenvalue weighted by Gasteiger charge is 2.15. The van der Waals surface area contributed by atoms with E-state index in [-0.39, 0.29) is 12.6 Å². The summed E-state index contributed by atoms with van der Waals surface area (Å²) in [5.74, 6) is -0.261. The number of nitrogens with zero attached hydrogens (tertiary/aromatic N) is 2. The molecule has 1 aromatic heterocycles. The van der Waals surface area contributed by atoms with Gasteiger partial charge in [-0.1, -0.05) is 43.3 Å². The zero-order chi connectivity index (χ0) is 19.5. The van der Waals surface area contributed by atoms with Gasteiger partial charge in [0, 0.05) is 44.5 Å². The molecule has 0 aliphatic rings. The summed E-state index contributed by atoms with van der Waals surface area (Å²) in [5, 5.41) is 10.2. The molecule has 146 valence electrons. The highest BCUT2D eigenvalue weighted by atomic mass is 16.5. The molecule has 2 rings (SSSR count). The number of benzene rings is 1. The predicted molar refractivity (Wildman–Crippen MR) is 107 cm³/mol. The summed E-state index contributed by atoms with van der Waals surface area (Å²) < 4.78 is 7.32. The van der Waals surface area contributed by atoms with Crippen LogP contribution in [-0.2, 0) is 22.6 Å². The van der Waals surface area contributed by atoms with Gasteiger partial charge in [-0.3, -0.25) is 9.69 Å². The lowest BCUT2D eigenvalue weighted by Gasteiger charge is -2.24. The first-order valence-electron chi connectivity index (χ1n) is 9.47.